The topological polar surface area (TPSA) is 24.5 Å². The number of hydrogen-bond donors (Lipinski definition) is 1. The SMILES string of the molecule is COc1cccc(CN(C)C(CNC2CC2)C(C)C)c1. The Morgan fingerprint density at radius 1 is 1.35 bits per heavy atom. The van der Waals surface area contributed by atoms with Gasteiger partial charge in [-0.2, -0.15) is 0 Å². The van der Waals surface area contributed by atoms with Crippen LogP contribution < -0.4 is 10.1 Å². The second-order valence-corrected chi connectivity index (χ2v) is 6.26. The Hall–Kier alpha value is -1.06. The van der Waals surface area contributed by atoms with Gasteiger partial charge in [-0.3, -0.25) is 4.90 Å². The van der Waals surface area contributed by atoms with E-state index in [0.29, 0.717) is 12.0 Å². The van der Waals surface area contributed by atoms with Crippen molar-refractivity contribution in [3.63, 3.8) is 0 Å². The molecule has 0 bridgehead atoms. The second kappa shape index (κ2) is 7.09. The first-order valence-corrected chi connectivity index (χ1v) is 7.66. The number of methoxy groups -OCH3 is 1. The van der Waals surface area contributed by atoms with E-state index < -0.39 is 0 Å². The van der Waals surface area contributed by atoms with E-state index in [0.717, 1.165) is 24.9 Å². The van der Waals surface area contributed by atoms with Crippen molar-refractivity contribution >= 4 is 0 Å². The van der Waals surface area contributed by atoms with Gasteiger partial charge in [0.15, 0.2) is 0 Å². The van der Waals surface area contributed by atoms with E-state index >= 15 is 0 Å². The van der Waals surface area contributed by atoms with E-state index in [4.69, 9.17) is 4.74 Å². The lowest BCUT2D eigenvalue weighted by Gasteiger charge is -2.31. The zero-order chi connectivity index (χ0) is 14.5. The molecule has 0 heterocycles. The molecule has 1 saturated carbocycles. The number of nitrogens with zero attached hydrogens (tertiary/aromatic N) is 1. The summed E-state index contributed by atoms with van der Waals surface area (Å²) in [7, 11) is 3.94. The van der Waals surface area contributed by atoms with E-state index in [1.807, 2.05) is 6.07 Å². The van der Waals surface area contributed by atoms with E-state index in [1.165, 1.54) is 18.4 Å². The molecular weight excluding hydrogens is 248 g/mol. The van der Waals surface area contributed by atoms with Crippen LogP contribution in [0.1, 0.15) is 32.3 Å². The van der Waals surface area contributed by atoms with Crippen molar-refractivity contribution in [1.29, 1.82) is 0 Å². The summed E-state index contributed by atoms with van der Waals surface area (Å²) in [5, 5.41) is 3.66. The molecule has 1 aromatic rings. The highest BCUT2D eigenvalue weighted by Crippen LogP contribution is 2.21. The maximum absolute atomic E-state index is 5.30. The molecule has 0 amide bonds. The van der Waals surface area contributed by atoms with Crippen LogP contribution in [0.3, 0.4) is 0 Å². The maximum Gasteiger partial charge on any atom is 0.119 e. The summed E-state index contributed by atoms with van der Waals surface area (Å²) < 4.78 is 5.30. The Labute approximate surface area is 123 Å². The third kappa shape index (κ3) is 4.50. The van der Waals surface area contributed by atoms with E-state index in [-0.39, 0.29) is 0 Å². The molecule has 0 aromatic heterocycles. The molecule has 0 spiro atoms. The minimum Gasteiger partial charge on any atom is -0.497 e. The van der Waals surface area contributed by atoms with Gasteiger partial charge in [-0.15, -0.1) is 0 Å². The quantitative estimate of drug-likeness (QED) is 0.790. The minimum atomic E-state index is 0.571. The Balaban J connectivity index is 1.93. The lowest BCUT2D eigenvalue weighted by atomic mass is 10.0. The van der Waals surface area contributed by atoms with Crippen molar-refractivity contribution in [3.8, 4) is 5.75 Å². The number of benzene rings is 1. The third-order valence-corrected chi connectivity index (χ3v) is 4.09. The van der Waals surface area contributed by atoms with Crippen LogP contribution >= 0.6 is 0 Å². The highest BCUT2D eigenvalue weighted by Gasteiger charge is 2.24. The summed E-state index contributed by atoms with van der Waals surface area (Å²) in [6, 6.07) is 9.71. The van der Waals surface area contributed by atoms with E-state index in [9.17, 15) is 0 Å². The summed E-state index contributed by atoms with van der Waals surface area (Å²) in [5.41, 5.74) is 1.31. The fourth-order valence-electron chi connectivity index (χ4n) is 2.65. The lowest BCUT2D eigenvalue weighted by molar-refractivity contribution is 0.179. The van der Waals surface area contributed by atoms with Gasteiger partial charge in [-0.1, -0.05) is 26.0 Å². The van der Waals surface area contributed by atoms with Gasteiger partial charge >= 0.3 is 0 Å². The van der Waals surface area contributed by atoms with E-state index in [2.05, 4.69) is 49.3 Å². The Bertz CT molecular complexity index is 415. The molecule has 0 radical (unpaired) electrons. The number of rotatable bonds is 8. The fraction of sp³-hybridized carbons (Fsp3) is 0.647. The maximum atomic E-state index is 5.30. The molecule has 3 heteroatoms. The molecule has 1 fully saturated rings. The summed E-state index contributed by atoms with van der Waals surface area (Å²) in [4.78, 5) is 2.45. The molecule has 1 aliphatic rings. The van der Waals surface area contributed by atoms with Gasteiger partial charge in [0, 0.05) is 25.2 Å². The molecule has 2 rings (SSSR count). The molecule has 1 N–H and O–H groups in total. The smallest absolute Gasteiger partial charge is 0.119 e. The van der Waals surface area contributed by atoms with Crippen LogP contribution in [0.15, 0.2) is 24.3 Å². The van der Waals surface area contributed by atoms with Crippen molar-refractivity contribution in [2.45, 2.75) is 45.3 Å². The Kier molecular flexibility index (Phi) is 5.44. The third-order valence-electron chi connectivity index (χ3n) is 4.09. The van der Waals surface area contributed by atoms with Gasteiger partial charge in [-0.25, -0.2) is 0 Å². The van der Waals surface area contributed by atoms with Crippen LogP contribution in [0.2, 0.25) is 0 Å². The summed E-state index contributed by atoms with van der Waals surface area (Å²) in [6.07, 6.45) is 2.70. The molecule has 1 unspecified atom stereocenters. The van der Waals surface area contributed by atoms with Crippen molar-refractivity contribution in [3.05, 3.63) is 29.8 Å². The van der Waals surface area contributed by atoms with Crippen LogP contribution in [0, 0.1) is 5.92 Å². The van der Waals surface area contributed by atoms with Gasteiger partial charge in [0.25, 0.3) is 0 Å². The molecule has 1 atom stereocenters. The monoisotopic (exact) mass is 276 g/mol. The normalized spacial score (nSPS) is 16.7. The Morgan fingerprint density at radius 3 is 2.70 bits per heavy atom. The van der Waals surface area contributed by atoms with E-state index in [1.54, 1.807) is 7.11 Å². The Morgan fingerprint density at radius 2 is 2.10 bits per heavy atom. The summed E-state index contributed by atoms with van der Waals surface area (Å²) >= 11 is 0. The first-order valence-electron chi connectivity index (χ1n) is 7.66. The van der Waals surface area contributed by atoms with Crippen LogP contribution in [0.4, 0.5) is 0 Å². The minimum absolute atomic E-state index is 0.571. The first kappa shape index (κ1) is 15.3. The number of ether oxygens (including phenoxy) is 1. The second-order valence-electron chi connectivity index (χ2n) is 6.26. The van der Waals surface area contributed by atoms with Crippen molar-refractivity contribution in [1.82, 2.24) is 10.2 Å². The average Bonchev–Trinajstić information content (AvgIpc) is 3.23. The summed E-state index contributed by atoms with van der Waals surface area (Å²) in [5.74, 6) is 1.59. The van der Waals surface area contributed by atoms with Crippen LogP contribution in [0.5, 0.6) is 5.75 Å². The molecule has 112 valence electrons. The molecule has 0 aliphatic heterocycles. The predicted octanol–water partition coefficient (Wildman–Crippen LogP) is 2.90. The van der Waals surface area contributed by atoms with Gasteiger partial charge < -0.3 is 10.1 Å². The van der Waals surface area contributed by atoms with Crippen molar-refractivity contribution in [2.75, 3.05) is 20.7 Å². The van der Waals surface area contributed by atoms with Gasteiger partial charge in [0.1, 0.15) is 5.75 Å². The molecule has 20 heavy (non-hydrogen) atoms. The number of hydrogen-bond acceptors (Lipinski definition) is 3. The van der Waals surface area contributed by atoms with Gasteiger partial charge in [0.2, 0.25) is 0 Å². The van der Waals surface area contributed by atoms with Crippen LogP contribution in [-0.4, -0.2) is 37.7 Å². The fourth-order valence-corrected chi connectivity index (χ4v) is 2.65. The highest BCUT2D eigenvalue weighted by molar-refractivity contribution is 5.28. The standard InChI is InChI=1S/C17H28N2O/c1-13(2)17(11-18-15-8-9-15)19(3)12-14-6-5-7-16(10-14)20-4/h5-7,10,13,15,17-18H,8-9,11-12H2,1-4H3. The molecule has 1 aliphatic carbocycles. The largest absolute Gasteiger partial charge is 0.497 e. The summed E-state index contributed by atoms with van der Waals surface area (Å²) in [6.45, 7) is 6.66. The average molecular weight is 276 g/mol. The molecule has 1 aromatic carbocycles. The molecule has 3 nitrogen and oxygen atoms in total. The van der Waals surface area contributed by atoms with Crippen LogP contribution in [-0.2, 0) is 6.54 Å². The zero-order valence-corrected chi connectivity index (χ0v) is 13.2. The van der Waals surface area contributed by atoms with Gasteiger partial charge in [0.05, 0.1) is 7.11 Å². The molecular formula is C17H28N2O. The van der Waals surface area contributed by atoms with Gasteiger partial charge in [-0.05, 0) is 43.5 Å². The predicted molar refractivity (Wildman–Crippen MR) is 84.1 cm³/mol. The highest BCUT2D eigenvalue weighted by atomic mass is 16.5. The molecule has 0 saturated heterocycles. The van der Waals surface area contributed by atoms with Crippen LogP contribution in [0.25, 0.3) is 0 Å². The number of likely N-dealkylation sites (N-methyl/N-ethyl adjacent to an activating group) is 1. The zero-order valence-electron chi connectivity index (χ0n) is 13.2. The van der Waals surface area contributed by atoms with Crippen molar-refractivity contribution in [2.24, 2.45) is 5.92 Å². The number of nitrogens with one attached hydrogen (secondary N) is 1. The first-order chi connectivity index (χ1) is 9.60. The lowest BCUT2D eigenvalue weighted by Crippen LogP contribution is -2.43. The van der Waals surface area contributed by atoms with Crippen molar-refractivity contribution < 1.29 is 4.74 Å².